The van der Waals surface area contributed by atoms with E-state index in [0.717, 1.165) is 31.7 Å². The second-order valence-corrected chi connectivity index (χ2v) is 6.07. The maximum Gasteiger partial charge on any atom is 0.223 e. The molecule has 5 nitrogen and oxygen atoms in total. The van der Waals surface area contributed by atoms with Crippen molar-refractivity contribution in [3.8, 4) is 5.75 Å². The minimum absolute atomic E-state index is 0.0794. The Morgan fingerprint density at radius 1 is 1.28 bits per heavy atom. The van der Waals surface area contributed by atoms with Gasteiger partial charge in [0, 0.05) is 25.3 Å². The topological polar surface area (TPSA) is 54.5 Å². The van der Waals surface area contributed by atoms with Crippen LogP contribution in [0.2, 0.25) is 0 Å². The Kier molecular flexibility index (Phi) is 5.82. The zero-order valence-electron chi connectivity index (χ0n) is 14.0. The number of nitrogens with zero attached hydrogens (tertiary/aromatic N) is 2. The third kappa shape index (κ3) is 4.92. The van der Waals surface area contributed by atoms with Crippen LogP contribution in [0.1, 0.15) is 19.3 Å². The number of carbonyl (C=O) groups excluding carboxylic acids is 1. The van der Waals surface area contributed by atoms with Crippen LogP contribution < -0.4 is 15.0 Å². The fraction of sp³-hybridized carbons (Fsp3) is 0.368. The van der Waals surface area contributed by atoms with Gasteiger partial charge in [-0.1, -0.05) is 18.2 Å². The summed E-state index contributed by atoms with van der Waals surface area (Å²) >= 11 is 0. The van der Waals surface area contributed by atoms with Crippen molar-refractivity contribution in [2.45, 2.75) is 25.3 Å². The third-order valence-electron chi connectivity index (χ3n) is 4.18. The lowest BCUT2D eigenvalue weighted by atomic mass is 10.1. The first-order valence-corrected chi connectivity index (χ1v) is 8.55. The fourth-order valence-electron chi connectivity index (χ4n) is 2.96. The molecule has 0 saturated carbocycles. The van der Waals surface area contributed by atoms with Gasteiger partial charge in [-0.3, -0.25) is 4.79 Å². The molecule has 1 N–H and O–H groups in total. The van der Waals surface area contributed by atoms with Crippen molar-refractivity contribution in [1.29, 1.82) is 0 Å². The molecule has 3 rings (SSSR count). The highest BCUT2D eigenvalue weighted by molar-refractivity contribution is 5.76. The van der Waals surface area contributed by atoms with Gasteiger partial charge < -0.3 is 15.0 Å². The molecule has 2 aromatic rings. The SMILES string of the molecule is O=C(CCOc1ccccc1F)NC1CCCN(c2ccccn2)C1. The van der Waals surface area contributed by atoms with E-state index in [9.17, 15) is 9.18 Å². The lowest BCUT2D eigenvalue weighted by Gasteiger charge is -2.34. The van der Waals surface area contributed by atoms with Crippen LogP contribution >= 0.6 is 0 Å². The molecule has 1 aromatic carbocycles. The molecule has 0 radical (unpaired) electrons. The predicted octanol–water partition coefficient (Wildman–Crippen LogP) is 2.77. The summed E-state index contributed by atoms with van der Waals surface area (Å²) in [4.78, 5) is 18.7. The van der Waals surface area contributed by atoms with Crippen molar-refractivity contribution in [3.63, 3.8) is 0 Å². The quantitative estimate of drug-likeness (QED) is 0.876. The van der Waals surface area contributed by atoms with Crippen molar-refractivity contribution in [2.75, 3.05) is 24.6 Å². The van der Waals surface area contributed by atoms with Gasteiger partial charge in [0.15, 0.2) is 11.6 Å². The summed E-state index contributed by atoms with van der Waals surface area (Å²) < 4.78 is 18.8. The average molecular weight is 343 g/mol. The molecule has 1 aliphatic rings. The Morgan fingerprint density at radius 3 is 2.92 bits per heavy atom. The Morgan fingerprint density at radius 2 is 2.12 bits per heavy atom. The van der Waals surface area contributed by atoms with Gasteiger partial charge in [-0.15, -0.1) is 0 Å². The maximum atomic E-state index is 13.5. The Balaban J connectivity index is 1.44. The summed E-state index contributed by atoms with van der Waals surface area (Å²) in [5.41, 5.74) is 0. The monoisotopic (exact) mass is 343 g/mol. The number of halogens is 1. The van der Waals surface area contributed by atoms with Gasteiger partial charge >= 0.3 is 0 Å². The van der Waals surface area contributed by atoms with Crippen LogP contribution in [0.5, 0.6) is 5.75 Å². The normalized spacial score (nSPS) is 17.2. The average Bonchev–Trinajstić information content (AvgIpc) is 2.64. The largest absolute Gasteiger partial charge is 0.490 e. The maximum absolute atomic E-state index is 13.5. The van der Waals surface area contributed by atoms with Gasteiger partial charge in [-0.2, -0.15) is 0 Å². The Bertz CT molecular complexity index is 696. The molecule has 1 fully saturated rings. The van der Waals surface area contributed by atoms with E-state index in [1.807, 2.05) is 18.2 Å². The van der Waals surface area contributed by atoms with Gasteiger partial charge in [-0.05, 0) is 37.1 Å². The minimum Gasteiger partial charge on any atom is -0.490 e. The number of aromatic nitrogens is 1. The number of rotatable bonds is 6. The molecule has 6 heteroatoms. The van der Waals surface area contributed by atoms with Crippen molar-refractivity contribution in [2.24, 2.45) is 0 Å². The van der Waals surface area contributed by atoms with Gasteiger partial charge in [0.25, 0.3) is 0 Å². The van der Waals surface area contributed by atoms with Gasteiger partial charge in [0.2, 0.25) is 5.91 Å². The Hall–Kier alpha value is -2.63. The van der Waals surface area contributed by atoms with Crippen LogP contribution in [0.15, 0.2) is 48.7 Å². The summed E-state index contributed by atoms with van der Waals surface area (Å²) in [5.74, 6) is 0.615. The van der Waals surface area contributed by atoms with Crippen molar-refractivity contribution in [1.82, 2.24) is 10.3 Å². The van der Waals surface area contributed by atoms with E-state index in [4.69, 9.17) is 4.74 Å². The lowest BCUT2D eigenvalue weighted by molar-refractivity contribution is -0.122. The van der Waals surface area contributed by atoms with Gasteiger partial charge in [-0.25, -0.2) is 9.37 Å². The summed E-state index contributed by atoms with van der Waals surface area (Å²) in [6.07, 6.45) is 3.93. The van der Waals surface area contributed by atoms with E-state index in [1.165, 1.54) is 6.07 Å². The number of hydrogen-bond donors (Lipinski definition) is 1. The highest BCUT2D eigenvalue weighted by Crippen LogP contribution is 2.18. The first kappa shape index (κ1) is 17.2. The second-order valence-electron chi connectivity index (χ2n) is 6.07. The number of amides is 1. The van der Waals surface area contributed by atoms with Crippen LogP contribution in [-0.4, -0.2) is 36.6 Å². The number of pyridine rings is 1. The molecule has 25 heavy (non-hydrogen) atoms. The molecule has 1 saturated heterocycles. The molecule has 1 unspecified atom stereocenters. The van der Waals surface area contributed by atoms with E-state index in [1.54, 1.807) is 24.4 Å². The molecule has 2 heterocycles. The third-order valence-corrected chi connectivity index (χ3v) is 4.18. The summed E-state index contributed by atoms with van der Waals surface area (Å²) in [6.45, 7) is 1.85. The smallest absolute Gasteiger partial charge is 0.223 e. The molecule has 1 amide bonds. The number of piperidine rings is 1. The van der Waals surface area contributed by atoms with Crippen molar-refractivity contribution < 1.29 is 13.9 Å². The molecule has 1 aliphatic heterocycles. The number of carbonyl (C=O) groups is 1. The van der Waals surface area contributed by atoms with E-state index < -0.39 is 5.82 Å². The standard InChI is InChI=1S/C19H22FN3O2/c20-16-7-1-2-8-17(16)25-13-10-19(24)22-15-6-5-12-23(14-15)18-9-3-4-11-21-18/h1-4,7-9,11,15H,5-6,10,12-14H2,(H,22,24). The minimum atomic E-state index is -0.416. The molecule has 0 aliphatic carbocycles. The number of hydrogen-bond acceptors (Lipinski definition) is 4. The molecular weight excluding hydrogens is 321 g/mol. The molecule has 0 bridgehead atoms. The first-order chi connectivity index (χ1) is 12.2. The summed E-state index contributed by atoms with van der Waals surface area (Å²) in [5, 5.41) is 3.04. The second kappa shape index (κ2) is 8.46. The number of anilines is 1. The van der Waals surface area contributed by atoms with Crippen molar-refractivity contribution >= 4 is 11.7 Å². The molecule has 1 atom stereocenters. The van der Waals surface area contributed by atoms with Gasteiger partial charge in [0.05, 0.1) is 13.0 Å². The van der Waals surface area contributed by atoms with E-state index in [0.29, 0.717) is 0 Å². The van der Waals surface area contributed by atoms with Gasteiger partial charge in [0.1, 0.15) is 5.82 Å². The summed E-state index contributed by atoms with van der Waals surface area (Å²) in [6, 6.07) is 12.1. The lowest BCUT2D eigenvalue weighted by Crippen LogP contribution is -2.48. The van der Waals surface area contributed by atoms with Crippen LogP contribution in [0.4, 0.5) is 10.2 Å². The molecular formula is C19H22FN3O2. The van der Waals surface area contributed by atoms with Crippen LogP contribution in [-0.2, 0) is 4.79 Å². The Labute approximate surface area is 146 Å². The van der Waals surface area contributed by atoms with E-state index in [-0.39, 0.29) is 30.7 Å². The zero-order valence-corrected chi connectivity index (χ0v) is 14.0. The number of nitrogens with one attached hydrogen (secondary N) is 1. The summed E-state index contributed by atoms with van der Waals surface area (Å²) in [7, 11) is 0. The molecule has 1 aromatic heterocycles. The highest BCUT2D eigenvalue weighted by atomic mass is 19.1. The van der Waals surface area contributed by atoms with Crippen LogP contribution in [0.3, 0.4) is 0 Å². The predicted molar refractivity (Wildman–Crippen MR) is 94.1 cm³/mol. The van der Waals surface area contributed by atoms with Crippen LogP contribution in [0, 0.1) is 5.82 Å². The van der Waals surface area contributed by atoms with Crippen LogP contribution in [0.25, 0.3) is 0 Å². The van der Waals surface area contributed by atoms with Crippen molar-refractivity contribution in [3.05, 3.63) is 54.5 Å². The molecule has 0 spiro atoms. The van der Waals surface area contributed by atoms with E-state index >= 15 is 0 Å². The zero-order chi connectivity index (χ0) is 17.5. The first-order valence-electron chi connectivity index (χ1n) is 8.55. The fourth-order valence-corrected chi connectivity index (χ4v) is 2.96. The highest BCUT2D eigenvalue weighted by Gasteiger charge is 2.22. The number of ether oxygens (including phenoxy) is 1. The molecule has 132 valence electrons. The van der Waals surface area contributed by atoms with E-state index in [2.05, 4.69) is 15.2 Å². The number of para-hydroxylation sites is 1. The number of benzene rings is 1.